The second-order valence-electron chi connectivity index (χ2n) is 12.2. The van der Waals surface area contributed by atoms with E-state index in [0.29, 0.717) is 22.3 Å². The van der Waals surface area contributed by atoms with Gasteiger partial charge in [-0.2, -0.15) is 0 Å². The molecule has 0 aliphatic rings. The fourth-order valence-electron chi connectivity index (χ4n) is 5.26. The number of esters is 2. The molecular formula is C34H50O8S. The van der Waals surface area contributed by atoms with Crippen molar-refractivity contribution in [3.8, 4) is 11.5 Å². The van der Waals surface area contributed by atoms with Crippen LogP contribution in [0.1, 0.15) is 111 Å². The monoisotopic (exact) mass is 618 g/mol. The number of hydrogen-bond acceptors (Lipinski definition) is 8. The molecule has 0 fully saturated rings. The number of aromatic hydroxyl groups is 2. The number of carbonyl (C=O) groups excluding carboxylic acids is 2. The zero-order chi connectivity index (χ0) is 32.8. The van der Waals surface area contributed by atoms with Crippen LogP contribution < -0.4 is 0 Å². The molecule has 0 radical (unpaired) electrons. The molecule has 0 aliphatic heterocycles. The molecule has 0 saturated heterocycles. The summed E-state index contributed by atoms with van der Waals surface area (Å²) in [5, 5.41) is 21.3. The number of aryl methyl sites for hydroxylation is 2. The number of hydrogen-bond donors (Lipinski definition) is 2. The lowest BCUT2D eigenvalue weighted by atomic mass is 9.90. The number of benzene rings is 2. The Hall–Kier alpha value is -3.07. The third-order valence-corrected chi connectivity index (χ3v) is 10.7. The zero-order valence-corrected chi connectivity index (χ0v) is 28.3. The second kappa shape index (κ2) is 15.1. The quantitative estimate of drug-likeness (QED) is 0.221. The molecule has 43 heavy (non-hydrogen) atoms. The molecule has 2 aromatic rings. The summed E-state index contributed by atoms with van der Waals surface area (Å²) in [6.07, 6.45) is 1.75. The van der Waals surface area contributed by atoms with Crippen molar-refractivity contribution >= 4 is 21.8 Å². The van der Waals surface area contributed by atoms with Crippen LogP contribution in [-0.4, -0.2) is 42.1 Å². The minimum Gasteiger partial charge on any atom is -0.507 e. The predicted octanol–water partition coefficient (Wildman–Crippen LogP) is 6.83. The first-order valence-corrected chi connectivity index (χ1v) is 16.9. The lowest BCUT2D eigenvalue weighted by molar-refractivity contribution is -0.149. The zero-order valence-electron chi connectivity index (χ0n) is 27.5. The van der Waals surface area contributed by atoms with Crippen LogP contribution in [-0.2, 0) is 42.1 Å². The third kappa shape index (κ3) is 8.97. The van der Waals surface area contributed by atoms with E-state index in [9.17, 15) is 28.2 Å². The van der Waals surface area contributed by atoms with E-state index < -0.39 is 45.1 Å². The highest BCUT2D eigenvalue weighted by atomic mass is 32.2. The Kier molecular flexibility index (Phi) is 12.7. The number of sulfone groups is 1. The minimum atomic E-state index is -3.80. The number of phenols is 2. The van der Waals surface area contributed by atoms with Gasteiger partial charge >= 0.3 is 11.9 Å². The highest BCUT2D eigenvalue weighted by Gasteiger charge is 2.29. The van der Waals surface area contributed by atoms with Crippen LogP contribution in [0.3, 0.4) is 0 Å². The molecule has 2 rings (SSSR count). The van der Waals surface area contributed by atoms with Crippen LogP contribution >= 0.6 is 0 Å². The maximum absolute atomic E-state index is 12.9. The standard InChI is InChI=1S/C34H50O8S/c1-11-19(3)27-13-21(5)29(25(9)31(27)35)15-41-33(37)23(7)17-43(39,40)18-24(8)34(38)42-16-30-22(6)14-28(20(4)12-2)32(36)26(30)10/h13-14,19-20,23-24,35-36H,11-12,15-18H2,1-10H3. The van der Waals surface area contributed by atoms with Gasteiger partial charge in [0, 0.05) is 0 Å². The van der Waals surface area contributed by atoms with Crippen LogP contribution in [0.5, 0.6) is 11.5 Å². The van der Waals surface area contributed by atoms with E-state index in [-0.39, 0.29) is 36.5 Å². The molecule has 0 aliphatic carbocycles. The Morgan fingerprint density at radius 1 is 0.698 bits per heavy atom. The molecule has 0 spiro atoms. The maximum Gasteiger partial charge on any atom is 0.310 e. The lowest BCUT2D eigenvalue weighted by Gasteiger charge is -2.20. The highest BCUT2D eigenvalue weighted by molar-refractivity contribution is 7.91. The summed E-state index contributed by atoms with van der Waals surface area (Å²) in [7, 11) is -3.80. The second-order valence-corrected chi connectivity index (χ2v) is 14.3. The van der Waals surface area contributed by atoms with Crippen molar-refractivity contribution in [1.82, 2.24) is 0 Å². The fraction of sp³-hybridized carbons (Fsp3) is 0.588. The molecule has 4 unspecified atom stereocenters. The van der Waals surface area contributed by atoms with Crippen LogP contribution in [0.4, 0.5) is 0 Å². The molecule has 2 N–H and O–H groups in total. The number of phenolic OH excluding ortho intramolecular Hbond substituents is 2. The molecule has 240 valence electrons. The third-order valence-electron chi connectivity index (χ3n) is 8.68. The van der Waals surface area contributed by atoms with E-state index in [1.54, 1.807) is 13.8 Å². The summed E-state index contributed by atoms with van der Waals surface area (Å²) >= 11 is 0. The van der Waals surface area contributed by atoms with Crippen molar-refractivity contribution in [2.45, 2.75) is 107 Å². The lowest BCUT2D eigenvalue weighted by Crippen LogP contribution is -2.30. The van der Waals surface area contributed by atoms with Gasteiger partial charge in [-0.05, 0) is 96.9 Å². The van der Waals surface area contributed by atoms with Gasteiger partial charge < -0.3 is 19.7 Å². The molecule has 4 atom stereocenters. The van der Waals surface area contributed by atoms with Crippen LogP contribution in [0.25, 0.3) is 0 Å². The average Bonchev–Trinajstić information content (AvgIpc) is 2.94. The van der Waals surface area contributed by atoms with Crippen LogP contribution in [0, 0.1) is 39.5 Å². The molecule has 0 bridgehead atoms. The van der Waals surface area contributed by atoms with Crippen molar-refractivity contribution in [3.05, 3.63) is 56.6 Å². The molecule has 0 aromatic heterocycles. The Bertz CT molecular complexity index is 1330. The van der Waals surface area contributed by atoms with Crippen LogP contribution in [0.15, 0.2) is 12.1 Å². The SMILES string of the molecule is CCC(C)c1cc(C)c(COC(=O)C(C)CS(=O)(=O)CC(C)C(=O)OCc2c(C)cc(C(C)CC)c(O)c2C)c(C)c1O. The van der Waals surface area contributed by atoms with Crippen LogP contribution in [0.2, 0.25) is 0 Å². The molecule has 9 heteroatoms. The minimum absolute atomic E-state index is 0.0787. The van der Waals surface area contributed by atoms with Gasteiger partial charge in [0.1, 0.15) is 24.7 Å². The van der Waals surface area contributed by atoms with E-state index >= 15 is 0 Å². The summed E-state index contributed by atoms with van der Waals surface area (Å²) < 4.78 is 36.7. The molecular weight excluding hydrogens is 568 g/mol. The maximum atomic E-state index is 12.9. The van der Waals surface area contributed by atoms with Gasteiger partial charge in [0.2, 0.25) is 0 Å². The topological polar surface area (TPSA) is 127 Å². The summed E-state index contributed by atoms with van der Waals surface area (Å²) in [5.74, 6) is -3.43. The molecule has 8 nitrogen and oxygen atoms in total. The van der Waals surface area contributed by atoms with Gasteiger partial charge in [-0.25, -0.2) is 8.42 Å². The molecule has 0 saturated carbocycles. The molecule has 0 amide bonds. The summed E-state index contributed by atoms with van der Waals surface area (Å²) in [6, 6.07) is 3.81. The summed E-state index contributed by atoms with van der Waals surface area (Å²) in [5.41, 5.74) is 6.14. The van der Waals surface area contributed by atoms with E-state index in [0.717, 1.165) is 35.1 Å². The largest absolute Gasteiger partial charge is 0.507 e. The molecule has 2 aromatic carbocycles. The first-order valence-electron chi connectivity index (χ1n) is 15.1. The van der Waals surface area contributed by atoms with E-state index in [4.69, 9.17) is 9.47 Å². The van der Waals surface area contributed by atoms with Crippen molar-refractivity contribution in [1.29, 1.82) is 0 Å². The Morgan fingerprint density at radius 3 is 1.33 bits per heavy atom. The van der Waals surface area contributed by atoms with Gasteiger partial charge in [-0.1, -0.05) is 53.7 Å². The van der Waals surface area contributed by atoms with Gasteiger partial charge in [0.15, 0.2) is 9.84 Å². The smallest absolute Gasteiger partial charge is 0.310 e. The fourth-order valence-corrected chi connectivity index (χ4v) is 7.19. The summed E-state index contributed by atoms with van der Waals surface area (Å²) in [4.78, 5) is 25.4. The van der Waals surface area contributed by atoms with E-state index in [1.165, 1.54) is 13.8 Å². The Labute approximate surface area is 257 Å². The molecule has 0 heterocycles. The first-order chi connectivity index (χ1) is 19.9. The van der Waals surface area contributed by atoms with E-state index in [2.05, 4.69) is 0 Å². The Balaban J connectivity index is 1.99. The van der Waals surface area contributed by atoms with Crippen molar-refractivity contribution in [2.75, 3.05) is 11.5 Å². The van der Waals surface area contributed by atoms with Gasteiger partial charge in [0.05, 0.1) is 23.3 Å². The average molecular weight is 619 g/mol. The highest BCUT2D eigenvalue weighted by Crippen LogP contribution is 2.36. The summed E-state index contributed by atoms with van der Waals surface area (Å²) in [6.45, 7) is 18.3. The normalized spacial score (nSPS) is 14.6. The van der Waals surface area contributed by atoms with Crippen molar-refractivity contribution < 1.29 is 37.7 Å². The van der Waals surface area contributed by atoms with Crippen molar-refractivity contribution in [3.63, 3.8) is 0 Å². The Morgan fingerprint density at radius 2 is 1.02 bits per heavy atom. The van der Waals surface area contributed by atoms with Crippen molar-refractivity contribution in [2.24, 2.45) is 11.8 Å². The van der Waals surface area contributed by atoms with E-state index in [1.807, 2.05) is 53.7 Å². The predicted molar refractivity (Wildman–Crippen MR) is 169 cm³/mol. The first kappa shape index (κ1) is 36.1. The number of carbonyl (C=O) groups is 2. The van der Waals surface area contributed by atoms with Gasteiger partial charge in [0.25, 0.3) is 0 Å². The van der Waals surface area contributed by atoms with Gasteiger partial charge in [-0.3, -0.25) is 9.59 Å². The van der Waals surface area contributed by atoms with Gasteiger partial charge in [-0.15, -0.1) is 0 Å². The number of rotatable bonds is 14. The number of ether oxygens (including phenoxy) is 2.